The van der Waals surface area contributed by atoms with Crippen LogP contribution in [0.5, 0.6) is 11.5 Å². The van der Waals surface area contributed by atoms with Gasteiger partial charge < -0.3 is 14.8 Å². The number of rotatable bonds is 10. The van der Waals surface area contributed by atoms with Crippen molar-refractivity contribution in [1.29, 1.82) is 5.26 Å². The molecule has 0 fully saturated rings. The number of nitriles is 1. The van der Waals surface area contributed by atoms with E-state index in [4.69, 9.17) is 9.47 Å². The first-order valence-electron chi connectivity index (χ1n) is 10.1. The number of benzene rings is 2. The van der Waals surface area contributed by atoms with Crippen molar-refractivity contribution in [3.05, 3.63) is 77.1 Å². The molecule has 31 heavy (non-hydrogen) atoms. The number of carbonyl (C=O) groups is 1. The Balaban J connectivity index is 2.45. The van der Waals surface area contributed by atoms with E-state index < -0.39 is 5.91 Å². The largest absolute Gasteiger partial charge is 0.490 e. The number of nitrogens with one attached hydrogen (secondary N) is 1. The van der Waals surface area contributed by atoms with Gasteiger partial charge >= 0.3 is 0 Å². The third kappa shape index (κ3) is 6.71. The summed E-state index contributed by atoms with van der Waals surface area (Å²) in [6.45, 7) is 9.69. The van der Waals surface area contributed by atoms with Gasteiger partial charge in [-0.25, -0.2) is 4.39 Å². The fraction of sp³-hybridized carbons (Fsp3) is 0.280. The molecule has 0 saturated carbocycles. The van der Waals surface area contributed by atoms with Crippen LogP contribution in [0.4, 0.5) is 4.39 Å². The Morgan fingerprint density at radius 3 is 2.61 bits per heavy atom. The van der Waals surface area contributed by atoms with Crippen molar-refractivity contribution in [3.8, 4) is 17.6 Å². The molecule has 0 atom stereocenters. The fourth-order valence-corrected chi connectivity index (χ4v) is 2.92. The number of ether oxygens (including phenoxy) is 2. The van der Waals surface area contributed by atoms with E-state index in [1.807, 2.05) is 26.8 Å². The van der Waals surface area contributed by atoms with Crippen LogP contribution >= 0.6 is 0 Å². The second kappa shape index (κ2) is 11.6. The van der Waals surface area contributed by atoms with Crippen molar-refractivity contribution in [1.82, 2.24) is 5.32 Å². The number of hydrogen-bond acceptors (Lipinski definition) is 4. The predicted octanol–water partition coefficient (Wildman–Crippen LogP) is 4.96. The lowest BCUT2D eigenvalue weighted by molar-refractivity contribution is -0.117. The van der Waals surface area contributed by atoms with Gasteiger partial charge in [0.05, 0.1) is 6.61 Å². The first-order chi connectivity index (χ1) is 14.9. The minimum Gasteiger partial charge on any atom is -0.490 e. The summed E-state index contributed by atoms with van der Waals surface area (Å²) >= 11 is 0. The second-order valence-corrected chi connectivity index (χ2v) is 7.11. The highest BCUT2D eigenvalue weighted by Gasteiger charge is 2.16. The van der Waals surface area contributed by atoms with Crippen molar-refractivity contribution in [2.75, 3.05) is 6.61 Å². The zero-order valence-electron chi connectivity index (χ0n) is 18.1. The standard InChI is InChI=1S/C25H27FN2O3/c1-5-9-19-12-18(13-21(15-27)25(29)28-17(3)4)14-23(30-6-2)24(19)31-16-20-10-7-8-11-22(20)26/h5,7-8,10-14,17H,1,6,9,16H2,2-4H3,(H,28,29)/b21-13-. The normalized spacial score (nSPS) is 11.0. The van der Waals surface area contributed by atoms with E-state index in [1.165, 1.54) is 12.1 Å². The van der Waals surface area contributed by atoms with Gasteiger partial charge in [0.25, 0.3) is 5.91 Å². The maximum Gasteiger partial charge on any atom is 0.262 e. The number of nitrogens with zero attached hydrogens (tertiary/aromatic N) is 1. The summed E-state index contributed by atoms with van der Waals surface area (Å²) in [5.74, 6) is 0.138. The molecule has 0 bridgehead atoms. The highest BCUT2D eigenvalue weighted by atomic mass is 19.1. The van der Waals surface area contributed by atoms with Gasteiger partial charge in [0.1, 0.15) is 24.1 Å². The summed E-state index contributed by atoms with van der Waals surface area (Å²) in [7, 11) is 0. The molecule has 162 valence electrons. The van der Waals surface area contributed by atoms with Crippen molar-refractivity contribution >= 4 is 12.0 Å². The van der Waals surface area contributed by atoms with E-state index in [0.717, 1.165) is 5.56 Å². The Morgan fingerprint density at radius 2 is 2.00 bits per heavy atom. The molecule has 5 nitrogen and oxygen atoms in total. The molecular weight excluding hydrogens is 395 g/mol. The van der Waals surface area contributed by atoms with Crippen LogP contribution < -0.4 is 14.8 Å². The molecule has 2 aromatic rings. The Hall–Kier alpha value is -3.59. The molecule has 0 aliphatic carbocycles. The van der Waals surface area contributed by atoms with Crippen LogP contribution in [0.3, 0.4) is 0 Å². The molecule has 0 saturated heterocycles. The fourth-order valence-electron chi connectivity index (χ4n) is 2.92. The number of halogens is 1. The third-order valence-corrected chi connectivity index (χ3v) is 4.24. The van der Waals surface area contributed by atoms with E-state index in [9.17, 15) is 14.4 Å². The van der Waals surface area contributed by atoms with Gasteiger partial charge in [-0.3, -0.25) is 4.79 Å². The summed E-state index contributed by atoms with van der Waals surface area (Å²) in [5.41, 5.74) is 1.79. The van der Waals surface area contributed by atoms with Crippen molar-refractivity contribution in [2.24, 2.45) is 0 Å². The summed E-state index contributed by atoms with van der Waals surface area (Å²) in [5, 5.41) is 12.1. The van der Waals surface area contributed by atoms with Gasteiger partial charge in [-0.15, -0.1) is 6.58 Å². The Bertz CT molecular complexity index is 1010. The van der Waals surface area contributed by atoms with Gasteiger partial charge in [-0.2, -0.15) is 5.26 Å². The molecule has 6 heteroatoms. The topological polar surface area (TPSA) is 71.4 Å². The lowest BCUT2D eigenvalue weighted by Gasteiger charge is -2.17. The lowest BCUT2D eigenvalue weighted by atomic mass is 10.0. The third-order valence-electron chi connectivity index (χ3n) is 4.24. The monoisotopic (exact) mass is 422 g/mol. The molecule has 1 N–H and O–H groups in total. The molecule has 2 aromatic carbocycles. The van der Waals surface area contributed by atoms with Crippen LogP contribution in [0.25, 0.3) is 6.08 Å². The minimum atomic E-state index is -0.444. The van der Waals surface area contributed by atoms with Crippen LogP contribution in [-0.2, 0) is 17.8 Å². The van der Waals surface area contributed by atoms with Crippen LogP contribution in [-0.4, -0.2) is 18.6 Å². The van der Waals surface area contributed by atoms with Gasteiger partial charge in [-0.05, 0) is 57.0 Å². The van der Waals surface area contributed by atoms with E-state index >= 15 is 0 Å². The predicted molar refractivity (Wildman–Crippen MR) is 119 cm³/mol. The molecular formula is C25H27FN2O3. The number of hydrogen-bond donors (Lipinski definition) is 1. The van der Waals surface area contributed by atoms with Crippen molar-refractivity contribution in [3.63, 3.8) is 0 Å². The second-order valence-electron chi connectivity index (χ2n) is 7.11. The summed E-state index contributed by atoms with van der Waals surface area (Å²) < 4.78 is 25.7. The first-order valence-corrected chi connectivity index (χ1v) is 10.1. The molecule has 0 aliphatic rings. The number of allylic oxidation sites excluding steroid dienone is 1. The molecule has 0 heterocycles. The highest BCUT2D eigenvalue weighted by Crippen LogP contribution is 2.35. The summed E-state index contributed by atoms with van der Waals surface area (Å²) in [6, 6.07) is 11.8. The van der Waals surface area contributed by atoms with Crippen LogP contribution in [0.1, 0.15) is 37.5 Å². The Labute approximate surface area is 182 Å². The average molecular weight is 423 g/mol. The average Bonchev–Trinajstić information content (AvgIpc) is 2.72. The maximum absolute atomic E-state index is 14.0. The first kappa shape index (κ1) is 23.7. The van der Waals surface area contributed by atoms with Gasteiger partial charge in [-0.1, -0.05) is 24.3 Å². The number of amides is 1. The summed E-state index contributed by atoms with van der Waals surface area (Å²) in [4.78, 5) is 12.3. The molecule has 0 unspecified atom stereocenters. The number of carbonyl (C=O) groups excluding carboxylic acids is 1. The van der Waals surface area contributed by atoms with Gasteiger partial charge in [0.15, 0.2) is 11.5 Å². The minimum absolute atomic E-state index is 0.0132. The highest BCUT2D eigenvalue weighted by molar-refractivity contribution is 6.01. The van der Waals surface area contributed by atoms with E-state index in [1.54, 1.807) is 36.4 Å². The summed E-state index contributed by atoms with van der Waals surface area (Å²) in [6.07, 6.45) is 3.69. The molecule has 0 spiro atoms. The van der Waals surface area contributed by atoms with E-state index in [-0.39, 0.29) is 24.0 Å². The molecule has 1 amide bonds. The van der Waals surface area contributed by atoms with Crippen LogP contribution in [0.15, 0.2) is 54.6 Å². The van der Waals surface area contributed by atoms with Crippen molar-refractivity contribution in [2.45, 2.75) is 39.8 Å². The zero-order chi connectivity index (χ0) is 22.8. The molecule has 2 rings (SSSR count). The SMILES string of the molecule is C=CCc1cc(/C=C(/C#N)C(=O)NC(C)C)cc(OCC)c1OCc1ccccc1F. The zero-order valence-corrected chi connectivity index (χ0v) is 18.1. The van der Waals surface area contributed by atoms with E-state index in [0.29, 0.717) is 35.7 Å². The Kier molecular flexibility index (Phi) is 8.83. The Morgan fingerprint density at radius 1 is 1.26 bits per heavy atom. The molecule has 0 aromatic heterocycles. The maximum atomic E-state index is 14.0. The molecule has 0 radical (unpaired) electrons. The molecule has 0 aliphatic heterocycles. The van der Waals surface area contributed by atoms with E-state index in [2.05, 4.69) is 11.9 Å². The van der Waals surface area contributed by atoms with Gasteiger partial charge in [0.2, 0.25) is 0 Å². The lowest BCUT2D eigenvalue weighted by Crippen LogP contribution is -2.30. The van der Waals surface area contributed by atoms with Crippen LogP contribution in [0.2, 0.25) is 0 Å². The van der Waals surface area contributed by atoms with Gasteiger partial charge in [0, 0.05) is 17.2 Å². The quantitative estimate of drug-likeness (QED) is 0.334. The smallest absolute Gasteiger partial charge is 0.262 e. The van der Waals surface area contributed by atoms with Crippen LogP contribution in [0, 0.1) is 17.1 Å². The van der Waals surface area contributed by atoms with Crippen molar-refractivity contribution < 1.29 is 18.7 Å².